The van der Waals surface area contributed by atoms with Crippen molar-refractivity contribution < 1.29 is 9.15 Å². The normalized spacial score (nSPS) is 11.5. The molecule has 0 saturated heterocycles. The Bertz CT molecular complexity index is 962. The van der Waals surface area contributed by atoms with E-state index in [1.165, 1.54) is 0 Å². The van der Waals surface area contributed by atoms with Gasteiger partial charge in [0.05, 0.1) is 24.1 Å². The van der Waals surface area contributed by atoms with Crippen LogP contribution in [-0.4, -0.2) is 12.8 Å². The molecular weight excluding hydrogens is 372 g/mol. The summed E-state index contributed by atoms with van der Waals surface area (Å²) in [6.07, 6.45) is 0. The minimum absolute atomic E-state index is 0.414. The molecule has 24 heavy (non-hydrogen) atoms. The highest BCUT2D eigenvalue weighted by Gasteiger charge is 2.09. The fraction of sp³-hybridized carbons (Fsp3) is 0.111. The molecule has 0 amide bonds. The van der Waals surface area contributed by atoms with Crippen LogP contribution in [0.3, 0.4) is 0 Å². The highest BCUT2D eigenvalue weighted by atomic mass is 79.9. The summed E-state index contributed by atoms with van der Waals surface area (Å²) in [5.74, 6) is 0.766. The smallest absolute Gasteiger partial charge is 0.345 e. The molecule has 1 heterocycles. The molecule has 0 aliphatic carbocycles. The van der Waals surface area contributed by atoms with Crippen molar-refractivity contribution in [3.05, 3.63) is 69.0 Å². The van der Waals surface area contributed by atoms with Crippen molar-refractivity contribution in [1.29, 1.82) is 0 Å². The van der Waals surface area contributed by atoms with E-state index in [-0.39, 0.29) is 0 Å². The second-order valence-corrected chi connectivity index (χ2v) is 6.08. The van der Waals surface area contributed by atoms with Crippen LogP contribution in [0.4, 0.5) is 5.69 Å². The van der Waals surface area contributed by atoms with Gasteiger partial charge < -0.3 is 9.15 Å². The first-order valence-electron chi connectivity index (χ1n) is 7.25. The van der Waals surface area contributed by atoms with E-state index in [2.05, 4.69) is 26.5 Å². The largest absolute Gasteiger partial charge is 0.497 e. The number of benzene rings is 2. The lowest BCUT2D eigenvalue weighted by molar-refractivity contribution is 0.415. The lowest BCUT2D eigenvalue weighted by Crippen LogP contribution is -2.13. The number of nitrogens with one attached hydrogen (secondary N) is 1. The Kier molecular flexibility index (Phi) is 4.66. The molecule has 1 aromatic heterocycles. The number of hydrogen-bond donors (Lipinski definition) is 1. The van der Waals surface area contributed by atoms with Crippen LogP contribution < -0.4 is 15.8 Å². The maximum absolute atomic E-state index is 12.2. The molecule has 0 radical (unpaired) electrons. The summed E-state index contributed by atoms with van der Waals surface area (Å²) in [7, 11) is 1.61. The Morgan fingerprint density at radius 1 is 1.17 bits per heavy atom. The summed E-state index contributed by atoms with van der Waals surface area (Å²) in [5, 5.41) is 5.10. The van der Waals surface area contributed by atoms with Crippen LogP contribution in [0.5, 0.6) is 5.75 Å². The van der Waals surface area contributed by atoms with Crippen LogP contribution in [-0.2, 0) is 0 Å². The lowest BCUT2D eigenvalue weighted by atomic mass is 10.1. The molecule has 5 nitrogen and oxygen atoms in total. The van der Waals surface area contributed by atoms with Gasteiger partial charge in [-0.1, -0.05) is 15.9 Å². The molecule has 3 rings (SSSR count). The van der Waals surface area contributed by atoms with E-state index in [4.69, 9.17) is 9.15 Å². The maximum Gasteiger partial charge on any atom is 0.345 e. The lowest BCUT2D eigenvalue weighted by Gasteiger charge is -2.05. The molecule has 0 bridgehead atoms. The summed E-state index contributed by atoms with van der Waals surface area (Å²) >= 11 is 3.41. The zero-order chi connectivity index (χ0) is 17.1. The first kappa shape index (κ1) is 16.3. The average molecular weight is 387 g/mol. The molecule has 0 saturated carbocycles. The number of methoxy groups -OCH3 is 1. The molecule has 0 fully saturated rings. The van der Waals surface area contributed by atoms with Gasteiger partial charge in [0.25, 0.3) is 0 Å². The van der Waals surface area contributed by atoms with Crippen LogP contribution in [0.2, 0.25) is 0 Å². The van der Waals surface area contributed by atoms with Gasteiger partial charge in [-0.25, -0.2) is 4.79 Å². The molecular formula is C18H15BrN2O3. The van der Waals surface area contributed by atoms with Gasteiger partial charge in [0.2, 0.25) is 0 Å². The minimum Gasteiger partial charge on any atom is -0.497 e. The molecule has 0 aliphatic rings. The highest BCUT2D eigenvalue weighted by Crippen LogP contribution is 2.20. The Morgan fingerprint density at radius 3 is 2.62 bits per heavy atom. The Labute approximate surface area is 147 Å². The molecule has 6 heteroatoms. The van der Waals surface area contributed by atoms with Gasteiger partial charge in [0.15, 0.2) is 0 Å². The topological polar surface area (TPSA) is 63.8 Å². The van der Waals surface area contributed by atoms with E-state index in [1.54, 1.807) is 26.2 Å². The van der Waals surface area contributed by atoms with Gasteiger partial charge >= 0.3 is 5.63 Å². The monoisotopic (exact) mass is 386 g/mol. The summed E-state index contributed by atoms with van der Waals surface area (Å²) in [4.78, 5) is 12.2. The Balaban J connectivity index is 1.90. The van der Waals surface area contributed by atoms with Crippen LogP contribution in [0.25, 0.3) is 11.0 Å². The Morgan fingerprint density at radius 2 is 1.92 bits per heavy atom. The molecule has 0 aliphatic heterocycles. The maximum atomic E-state index is 12.2. The van der Waals surface area contributed by atoms with Crippen molar-refractivity contribution in [2.24, 2.45) is 5.10 Å². The quantitative estimate of drug-likeness (QED) is 0.410. The molecule has 0 unspecified atom stereocenters. The van der Waals surface area contributed by atoms with Crippen LogP contribution in [0.1, 0.15) is 12.5 Å². The first-order chi connectivity index (χ1) is 11.6. The minimum atomic E-state index is -0.414. The number of hydrogen-bond acceptors (Lipinski definition) is 5. The van der Waals surface area contributed by atoms with Crippen molar-refractivity contribution in [2.75, 3.05) is 12.5 Å². The molecule has 1 N–H and O–H groups in total. The summed E-state index contributed by atoms with van der Waals surface area (Å²) < 4.78 is 11.4. The number of rotatable bonds is 4. The fourth-order valence-corrected chi connectivity index (χ4v) is 2.60. The second-order valence-electron chi connectivity index (χ2n) is 5.17. The van der Waals surface area contributed by atoms with Crippen molar-refractivity contribution in [3.8, 4) is 5.75 Å². The highest BCUT2D eigenvalue weighted by molar-refractivity contribution is 9.10. The van der Waals surface area contributed by atoms with E-state index in [9.17, 15) is 4.79 Å². The Hall–Kier alpha value is -2.60. The van der Waals surface area contributed by atoms with Crippen molar-refractivity contribution in [3.63, 3.8) is 0 Å². The summed E-state index contributed by atoms with van der Waals surface area (Å²) in [5.41, 5.74) is 4.81. The van der Waals surface area contributed by atoms with Gasteiger partial charge in [-0.2, -0.15) is 5.10 Å². The van der Waals surface area contributed by atoms with Crippen molar-refractivity contribution in [2.45, 2.75) is 6.92 Å². The molecule has 0 spiro atoms. The number of hydrazone groups is 1. The van der Waals surface area contributed by atoms with E-state index >= 15 is 0 Å². The molecule has 2 aromatic carbocycles. The van der Waals surface area contributed by atoms with Gasteiger partial charge in [0, 0.05) is 9.86 Å². The van der Waals surface area contributed by atoms with E-state index in [0.29, 0.717) is 16.9 Å². The van der Waals surface area contributed by atoms with E-state index in [1.807, 2.05) is 36.4 Å². The third kappa shape index (κ3) is 3.49. The van der Waals surface area contributed by atoms with Gasteiger partial charge in [-0.05, 0) is 55.5 Å². The molecule has 122 valence electrons. The predicted octanol–water partition coefficient (Wildman–Crippen LogP) is 4.40. The van der Waals surface area contributed by atoms with Crippen LogP contribution >= 0.6 is 15.9 Å². The number of ether oxygens (including phenoxy) is 1. The summed E-state index contributed by atoms with van der Waals surface area (Å²) in [6.45, 7) is 1.76. The van der Waals surface area contributed by atoms with Gasteiger partial charge in [0.1, 0.15) is 11.3 Å². The van der Waals surface area contributed by atoms with Gasteiger partial charge in [-0.3, -0.25) is 5.43 Å². The van der Waals surface area contributed by atoms with Crippen molar-refractivity contribution in [1.82, 2.24) is 0 Å². The zero-order valence-corrected chi connectivity index (χ0v) is 14.8. The fourth-order valence-electron chi connectivity index (χ4n) is 2.22. The molecule has 3 aromatic rings. The van der Waals surface area contributed by atoms with Gasteiger partial charge in [-0.15, -0.1) is 0 Å². The van der Waals surface area contributed by atoms with E-state index < -0.39 is 5.63 Å². The SMILES string of the molecule is COc1ccc(N/N=C(\C)c2cc3cc(Br)ccc3oc2=O)cc1. The number of nitrogens with zero attached hydrogens (tertiary/aromatic N) is 1. The average Bonchev–Trinajstić information content (AvgIpc) is 2.60. The van der Waals surface area contributed by atoms with Crippen LogP contribution in [0, 0.1) is 0 Å². The van der Waals surface area contributed by atoms with Crippen LogP contribution in [0.15, 0.2) is 67.3 Å². The zero-order valence-electron chi connectivity index (χ0n) is 13.2. The third-order valence-electron chi connectivity index (χ3n) is 3.53. The molecule has 0 atom stereocenters. The number of anilines is 1. The van der Waals surface area contributed by atoms with E-state index in [0.717, 1.165) is 21.3 Å². The van der Waals surface area contributed by atoms with Crippen molar-refractivity contribution >= 4 is 38.3 Å². The number of fused-ring (bicyclic) bond motifs is 1. The summed E-state index contributed by atoms with van der Waals surface area (Å²) in [6, 6.07) is 14.6. The predicted molar refractivity (Wildman–Crippen MR) is 99.0 cm³/mol. The number of halogens is 1. The third-order valence-corrected chi connectivity index (χ3v) is 4.02. The standard InChI is InChI=1S/C18H15BrN2O3/c1-11(20-21-14-4-6-15(23-2)7-5-14)16-10-12-9-13(19)3-8-17(12)24-18(16)22/h3-10,21H,1-2H3/b20-11+. The second kappa shape index (κ2) is 6.88. The first-order valence-corrected chi connectivity index (χ1v) is 8.04.